The fraction of sp³-hybridized carbons (Fsp3) is 0.571. The van der Waals surface area contributed by atoms with E-state index in [2.05, 4.69) is 24.1 Å². The Morgan fingerprint density at radius 3 is 2.89 bits per heavy atom. The lowest BCUT2D eigenvalue weighted by Crippen LogP contribution is -2.42. The first-order valence-electron chi connectivity index (χ1n) is 6.67. The highest BCUT2D eigenvalue weighted by atomic mass is 35.5. The van der Waals surface area contributed by atoms with Crippen molar-refractivity contribution in [2.45, 2.75) is 39.2 Å². The average molecular weight is 282 g/mol. The summed E-state index contributed by atoms with van der Waals surface area (Å²) in [5.74, 6) is 0.682. The molecular formula is C14H20ClN3O. The Kier molecular flexibility index (Phi) is 3.99. The Bertz CT molecular complexity index is 488. The number of rotatable bonds is 3. The van der Waals surface area contributed by atoms with Crippen LogP contribution in [-0.4, -0.2) is 34.4 Å². The second-order valence-corrected chi connectivity index (χ2v) is 5.86. The molecule has 0 saturated carbocycles. The summed E-state index contributed by atoms with van der Waals surface area (Å²) in [6.07, 6.45) is 3.61. The van der Waals surface area contributed by atoms with Crippen LogP contribution in [-0.2, 0) is 0 Å². The molecule has 1 amide bonds. The van der Waals surface area contributed by atoms with Crippen LogP contribution in [0.4, 0.5) is 5.82 Å². The van der Waals surface area contributed by atoms with Gasteiger partial charge in [-0.1, -0.05) is 11.6 Å². The van der Waals surface area contributed by atoms with E-state index in [4.69, 9.17) is 11.6 Å². The van der Waals surface area contributed by atoms with Crippen LogP contribution in [0.2, 0.25) is 5.02 Å². The van der Waals surface area contributed by atoms with E-state index in [1.807, 2.05) is 11.8 Å². The number of nitrogens with zero attached hydrogens (tertiary/aromatic N) is 2. The highest BCUT2D eigenvalue weighted by Crippen LogP contribution is 2.31. The van der Waals surface area contributed by atoms with Gasteiger partial charge in [0.1, 0.15) is 5.82 Å². The van der Waals surface area contributed by atoms with Gasteiger partial charge in [-0.05, 0) is 39.7 Å². The fourth-order valence-electron chi connectivity index (χ4n) is 2.51. The SMILES string of the molecule is CCNc1cc(C(=O)N2CCCC2(C)C)c(Cl)cn1. The number of carbonyl (C=O) groups is 1. The second kappa shape index (κ2) is 5.37. The number of hydrogen-bond donors (Lipinski definition) is 1. The highest BCUT2D eigenvalue weighted by Gasteiger charge is 2.36. The van der Waals surface area contributed by atoms with Crippen molar-refractivity contribution >= 4 is 23.3 Å². The Balaban J connectivity index is 2.30. The third-order valence-corrected chi connectivity index (χ3v) is 3.89. The van der Waals surface area contributed by atoms with E-state index < -0.39 is 0 Å². The van der Waals surface area contributed by atoms with Crippen LogP contribution >= 0.6 is 11.6 Å². The maximum atomic E-state index is 12.6. The minimum Gasteiger partial charge on any atom is -0.370 e. The molecule has 2 heterocycles. The van der Waals surface area contributed by atoms with Crippen LogP contribution in [0, 0.1) is 0 Å². The molecule has 4 nitrogen and oxygen atoms in total. The molecule has 1 aliphatic rings. The number of anilines is 1. The summed E-state index contributed by atoms with van der Waals surface area (Å²) >= 11 is 6.13. The lowest BCUT2D eigenvalue weighted by molar-refractivity contribution is 0.0652. The normalized spacial score (nSPS) is 17.6. The monoisotopic (exact) mass is 281 g/mol. The van der Waals surface area contributed by atoms with E-state index in [0.29, 0.717) is 16.4 Å². The van der Waals surface area contributed by atoms with Crippen molar-refractivity contribution in [2.24, 2.45) is 0 Å². The zero-order valence-electron chi connectivity index (χ0n) is 11.7. The standard InChI is InChI=1S/C14H20ClN3O/c1-4-16-12-8-10(11(15)9-17-12)13(19)18-7-5-6-14(18,2)3/h8-9H,4-7H2,1-3H3,(H,16,17). The molecule has 19 heavy (non-hydrogen) atoms. The Morgan fingerprint density at radius 2 is 2.32 bits per heavy atom. The van der Waals surface area contributed by atoms with Crippen LogP contribution in [0.25, 0.3) is 0 Å². The minimum absolute atomic E-state index is 0.00551. The first kappa shape index (κ1) is 14.1. The molecule has 1 aromatic rings. The lowest BCUT2D eigenvalue weighted by atomic mass is 10.0. The van der Waals surface area contributed by atoms with E-state index in [0.717, 1.165) is 25.9 Å². The van der Waals surface area contributed by atoms with Gasteiger partial charge in [0.2, 0.25) is 0 Å². The number of likely N-dealkylation sites (tertiary alicyclic amines) is 1. The third kappa shape index (κ3) is 2.84. The maximum absolute atomic E-state index is 12.6. The molecule has 1 fully saturated rings. The summed E-state index contributed by atoms with van der Waals surface area (Å²) in [6.45, 7) is 7.73. The summed E-state index contributed by atoms with van der Waals surface area (Å²) in [5, 5.41) is 3.51. The molecular weight excluding hydrogens is 262 g/mol. The Labute approximate surface area is 119 Å². The van der Waals surface area contributed by atoms with Crippen LogP contribution < -0.4 is 5.32 Å². The number of hydrogen-bond acceptors (Lipinski definition) is 3. The molecule has 0 aliphatic carbocycles. The summed E-state index contributed by atoms with van der Waals surface area (Å²) in [6, 6.07) is 1.74. The molecule has 1 aromatic heterocycles. The third-order valence-electron chi connectivity index (χ3n) is 3.59. The summed E-state index contributed by atoms with van der Waals surface area (Å²) < 4.78 is 0. The zero-order chi connectivity index (χ0) is 14.0. The smallest absolute Gasteiger partial charge is 0.256 e. The van der Waals surface area contributed by atoms with Crippen molar-refractivity contribution in [3.8, 4) is 0 Å². The number of halogens is 1. The van der Waals surface area contributed by atoms with Gasteiger partial charge in [0, 0.05) is 24.8 Å². The highest BCUT2D eigenvalue weighted by molar-refractivity contribution is 6.33. The summed E-state index contributed by atoms with van der Waals surface area (Å²) in [7, 11) is 0. The quantitative estimate of drug-likeness (QED) is 0.925. The summed E-state index contributed by atoms with van der Waals surface area (Å²) in [5.41, 5.74) is 0.435. The lowest BCUT2D eigenvalue weighted by Gasteiger charge is -2.32. The van der Waals surface area contributed by atoms with Gasteiger partial charge >= 0.3 is 0 Å². The Hall–Kier alpha value is -1.29. The minimum atomic E-state index is -0.0952. The molecule has 1 N–H and O–H groups in total. The van der Waals surface area contributed by atoms with Gasteiger partial charge in [-0.3, -0.25) is 4.79 Å². The van der Waals surface area contributed by atoms with Crippen molar-refractivity contribution < 1.29 is 4.79 Å². The molecule has 0 spiro atoms. The zero-order valence-corrected chi connectivity index (χ0v) is 12.4. The van der Waals surface area contributed by atoms with Gasteiger partial charge in [0.25, 0.3) is 5.91 Å². The van der Waals surface area contributed by atoms with Crippen LogP contribution in [0.15, 0.2) is 12.3 Å². The number of nitrogens with one attached hydrogen (secondary N) is 1. The van der Waals surface area contributed by atoms with Crippen LogP contribution in [0.1, 0.15) is 44.0 Å². The molecule has 0 radical (unpaired) electrons. The molecule has 1 aliphatic heterocycles. The molecule has 0 atom stereocenters. The van der Waals surface area contributed by atoms with Crippen molar-refractivity contribution in [1.29, 1.82) is 0 Å². The van der Waals surface area contributed by atoms with Crippen molar-refractivity contribution in [1.82, 2.24) is 9.88 Å². The fourth-order valence-corrected chi connectivity index (χ4v) is 2.69. The number of pyridine rings is 1. The number of aromatic nitrogens is 1. The van der Waals surface area contributed by atoms with Gasteiger partial charge in [0.15, 0.2) is 0 Å². The Morgan fingerprint density at radius 1 is 1.58 bits per heavy atom. The number of carbonyl (C=O) groups excluding carboxylic acids is 1. The van der Waals surface area contributed by atoms with Gasteiger partial charge in [-0.25, -0.2) is 4.98 Å². The first-order valence-corrected chi connectivity index (χ1v) is 7.05. The summed E-state index contributed by atoms with van der Waals surface area (Å²) in [4.78, 5) is 18.7. The largest absolute Gasteiger partial charge is 0.370 e. The number of amides is 1. The maximum Gasteiger partial charge on any atom is 0.256 e. The van der Waals surface area contributed by atoms with Crippen molar-refractivity contribution in [2.75, 3.05) is 18.4 Å². The van der Waals surface area contributed by atoms with Gasteiger partial charge < -0.3 is 10.2 Å². The first-order chi connectivity index (χ1) is 8.95. The molecule has 1 saturated heterocycles. The van der Waals surface area contributed by atoms with E-state index >= 15 is 0 Å². The van der Waals surface area contributed by atoms with E-state index in [1.54, 1.807) is 6.07 Å². The topological polar surface area (TPSA) is 45.2 Å². The van der Waals surface area contributed by atoms with Crippen LogP contribution in [0.3, 0.4) is 0 Å². The molecule has 5 heteroatoms. The van der Waals surface area contributed by atoms with Crippen molar-refractivity contribution in [3.05, 3.63) is 22.8 Å². The van der Waals surface area contributed by atoms with Gasteiger partial charge in [-0.15, -0.1) is 0 Å². The van der Waals surface area contributed by atoms with Gasteiger partial charge in [0.05, 0.1) is 10.6 Å². The molecule has 0 bridgehead atoms. The van der Waals surface area contributed by atoms with E-state index in [1.165, 1.54) is 6.20 Å². The molecule has 2 rings (SSSR count). The predicted molar refractivity (Wildman–Crippen MR) is 77.8 cm³/mol. The van der Waals surface area contributed by atoms with Crippen LogP contribution in [0.5, 0.6) is 0 Å². The van der Waals surface area contributed by atoms with E-state index in [9.17, 15) is 4.79 Å². The molecule has 0 unspecified atom stereocenters. The second-order valence-electron chi connectivity index (χ2n) is 5.45. The predicted octanol–water partition coefficient (Wildman–Crippen LogP) is 3.18. The van der Waals surface area contributed by atoms with Crippen molar-refractivity contribution in [3.63, 3.8) is 0 Å². The molecule has 0 aromatic carbocycles. The molecule has 104 valence electrons. The average Bonchev–Trinajstić information content (AvgIpc) is 2.71. The van der Waals surface area contributed by atoms with Gasteiger partial charge in [-0.2, -0.15) is 0 Å². The van der Waals surface area contributed by atoms with E-state index in [-0.39, 0.29) is 11.4 Å².